The summed E-state index contributed by atoms with van der Waals surface area (Å²) in [5, 5.41) is 5.46. The van der Waals surface area contributed by atoms with Gasteiger partial charge in [-0.05, 0) is 62.8 Å². The molecule has 176 valence electrons. The molecule has 0 unspecified atom stereocenters. The van der Waals surface area contributed by atoms with Gasteiger partial charge in [0.05, 0.1) is 36.2 Å². The Hall–Kier alpha value is -3.45. The molecule has 35 heavy (non-hydrogen) atoms. The molecule has 4 aliphatic rings. The van der Waals surface area contributed by atoms with Crippen molar-refractivity contribution in [2.24, 2.45) is 16.9 Å². The van der Waals surface area contributed by atoms with E-state index in [-0.39, 0.29) is 23.7 Å². The fraction of sp³-hybridized carbons (Fsp3) is 0.250. The fourth-order valence-electron chi connectivity index (χ4n) is 6.00. The number of nitrogens with zero attached hydrogens (tertiary/aromatic N) is 2. The van der Waals surface area contributed by atoms with Crippen LogP contribution in [0, 0.1) is 11.8 Å². The molecule has 1 fully saturated rings. The monoisotopic (exact) mass is 530 g/mol. The third kappa shape index (κ3) is 3.18. The summed E-state index contributed by atoms with van der Waals surface area (Å²) in [6.07, 6.45) is 1.53. The van der Waals surface area contributed by atoms with Crippen molar-refractivity contribution in [3.8, 4) is 11.5 Å². The van der Waals surface area contributed by atoms with Gasteiger partial charge in [-0.25, -0.2) is 0 Å². The third-order valence-electron chi connectivity index (χ3n) is 7.29. The largest absolute Gasteiger partial charge is 0.493 e. The lowest BCUT2D eigenvalue weighted by molar-refractivity contribution is -0.139. The van der Waals surface area contributed by atoms with E-state index in [1.54, 1.807) is 13.2 Å². The van der Waals surface area contributed by atoms with E-state index in [4.69, 9.17) is 9.47 Å². The van der Waals surface area contributed by atoms with Gasteiger partial charge in [0, 0.05) is 11.8 Å². The zero-order valence-electron chi connectivity index (χ0n) is 19.3. The first-order chi connectivity index (χ1) is 17.0. The number of carbonyl (C=O) groups is 2. The van der Waals surface area contributed by atoms with Gasteiger partial charge in [-0.2, -0.15) is 10.1 Å². The molecule has 3 aromatic rings. The lowest BCUT2D eigenvalue weighted by Crippen LogP contribution is -2.41. The Morgan fingerprint density at radius 3 is 1.89 bits per heavy atom. The number of hydrazone groups is 1. The third-order valence-corrected chi connectivity index (χ3v) is 7.88. The zero-order valence-corrected chi connectivity index (χ0v) is 20.9. The van der Waals surface area contributed by atoms with Crippen LogP contribution in [0.4, 0.5) is 0 Å². The molecule has 1 saturated heterocycles. The van der Waals surface area contributed by atoms with Gasteiger partial charge in [-0.3, -0.25) is 9.59 Å². The lowest BCUT2D eigenvalue weighted by atomic mass is 9.55. The number of methoxy groups -OCH3 is 1. The van der Waals surface area contributed by atoms with Crippen LogP contribution in [0.15, 0.2) is 70.2 Å². The van der Waals surface area contributed by atoms with E-state index >= 15 is 0 Å². The van der Waals surface area contributed by atoms with Gasteiger partial charge in [0.25, 0.3) is 11.8 Å². The Labute approximate surface area is 211 Å². The molecule has 0 N–H and O–H groups in total. The highest BCUT2D eigenvalue weighted by Crippen LogP contribution is 2.60. The smallest absolute Gasteiger partial charge is 0.254 e. The molecule has 2 atom stereocenters. The van der Waals surface area contributed by atoms with Gasteiger partial charge in [-0.15, -0.1) is 0 Å². The van der Waals surface area contributed by atoms with Gasteiger partial charge in [-0.1, -0.05) is 48.5 Å². The SMILES string of the molecule is CCOc1c(Br)cc(/C=N\N2C(=O)[C@H]3C4c5ccccc5C(c5ccccc54)[C@@H]3C2=O)cc1OC. The van der Waals surface area contributed by atoms with E-state index in [9.17, 15) is 9.59 Å². The first-order valence-electron chi connectivity index (χ1n) is 11.6. The van der Waals surface area contributed by atoms with E-state index in [2.05, 4.69) is 45.3 Å². The summed E-state index contributed by atoms with van der Waals surface area (Å²) in [5.41, 5.74) is 5.26. The Morgan fingerprint density at radius 1 is 0.914 bits per heavy atom. The van der Waals surface area contributed by atoms with E-state index in [0.29, 0.717) is 28.1 Å². The van der Waals surface area contributed by atoms with Crippen LogP contribution in [-0.4, -0.2) is 36.8 Å². The van der Waals surface area contributed by atoms with Gasteiger partial charge >= 0.3 is 0 Å². The van der Waals surface area contributed by atoms with Crippen molar-refractivity contribution < 1.29 is 19.1 Å². The topological polar surface area (TPSA) is 68.2 Å². The van der Waals surface area contributed by atoms with Gasteiger partial charge in [0.2, 0.25) is 0 Å². The van der Waals surface area contributed by atoms with Crippen LogP contribution in [0.2, 0.25) is 0 Å². The van der Waals surface area contributed by atoms with E-state index in [1.165, 1.54) is 6.21 Å². The minimum absolute atomic E-state index is 0.145. The molecule has 7 heteroatoms. The van der Waals surface area contributed by atoms with Crippen molar-refractivity contribution in [3.63, 3.8) is 0 Å². The average molecular weight is 531 g/mol. The number of rotatable bonds is 5. The van der Waals surface area contributed by atoms with Crippen LogP contribution in [0.1, 0.15) is 46.6 Å². The second-order valence-electron chi connectivity index (χ2n) is 8.96. The standard InChI is InChI=1S/C28H23BrN2O4/c1-3-35-26-20(29)12-15(13-21(26)34-2)14-30-31-27(32)24-22-16-8-4-5-9-17(16)23(25(24)28(31)33)19-11-7-6-10-18(19)22/h4-14,22-25H,3H2,1-2H3/b30-14-/t22?,23?,24-,25-/m0/s1. The Kier molecular flexibility index (Phi) is 5.25. The number of halogens is 1. The summed E-state index contributed by atoms with van der Waals surface area (Å²) in [4.78, 5) is 27.3. The second kappa shape index (κ2) is 8.34. The van der Waals surface area contributed by atoms with Crippen molar-refractivity contribution in [1.82, 2.24) is 5.01 Å². The van der Waals surface area contributed by atoms with Crippen molar-refractivity contribution in [2.75, 3.05) is 13.7 Å². The highest BCUT2D eigenvalue weighted by atomic mass is 79.9. The van der Waals surface area contributed by atoms with Crippen molar-refractivity contribution >= 4 is 34.0 Å². The lowest BCUT2D eigenvalue weighted by Gasteiger charge is -2.45. The van der Waals surface area contributed by atoms with Gasteiger partial charge in [0.1, 0.15) is 0 Å². The maximum absolute atomic E-state index is 13.6. The Morgan fingerprint density at radius 2 is 1.43 bits per heavy atom. The molecule has 0 radical (unpaired) electrons. The van der Waals surface area contributed by atoms with E-state index in [1.807, 2.05) is 37.3 Å². The number of hydrogen-bond donors (Lipinski definition) is 0. The summed E-state index contributed by atoms with van der Waals surface area (Å²) in [5.74, 6) is -0.535. The number of amides is 2. The first-order valence-corrected chi connectivity index (χ1v) is 12.4. The molecule has 7 rings (SSSR count). The van der Waals surface area contributed by atoms with Crippen molar-refractivity contribution in [3.05, 3.63) is 93.0 Å². The number of carbonyl (C=O) groups excluding carboxylic acids is 2. The summed E-state index contributed by atoms with van der Waals surface area (Å²) in [6.45, 7) is 2.39. The maximum Gasteiger partial charge on any atom is 0.254 e. The van der Waals surface area contributed by atoms with Crippen LogP contribution >= 0.6 is 15.9 Å². The minimum Gasteiger partial charge on any atom is -0.493 e. The molecule has 2 bridgehead atoms. The molecule has 0 saturated carbocycles. The van der Waals surface area contributed by atoms with Crippen LogP contribution in [0.25, 0.3) is 0 Å². The summed E-state index contributed by atoms with van der Waals surface area (Å²) < 4.78 is 11.8. The molecule has 1 heterocycles. The van der Waals surface area contributed by atoms with Crippen LogP contribution < -0.4 is 9.47 Å². The van der Waals surface area contributed by atoms with Gasteiger partial charge < -0.3 is 9.47 Å². The maximum atomic E-state index is 13.6. The molecule has 0 aromatic heterocycles. The summed E-state index contributed by atoms with van der Waals surface area (Å²) in [7, 11) is 1.56. The average Bonchev–Trinajstić information content (AvgIpc) is 3.14. The van der Waals surface area contributed by atoms with Crippen LogP contribution in [0.3, 0.4) is 0 Å². The Bertz CT molecular complexity index is 1290. The first kappa shape index (κ1) is 22.0. The fourth-order valence-corrected chi connectivity index (χ4v) is 6.57. The Balaban J connectivity index is 1.38. The zero-order chi connectivity index (χ0) is 24.3. The molecule has 3 aliphatic carbocycles. The minimum atomic E-state index is -0.448. The van der Waals surface area contributed by atoms with Crippen LogP contribution in [0.5, 0.6) is 11.5 Å². The van der Waals surface area contributed by atoms with Crippen molar-refractivity contribution in [1.29, 1.82) is 0 Å². The van der Waals surface area contributed by atoms with E-state index < -0.39 is 11.8 Å². The molecule has 1 aliphatic heterocycles. The van der Waals surface area contributed by atoms with Crippen molar-refractivity contribution in [2.45, 2.75) is 18.8 Å². The molecule has 2 amide bonds. The highest BCUT2D eigenvalue weighted by molar-refractivity contribution is 9.10. The molecule has 0 spiro atoms. The number of benzene rings is 3. The highest BCUT2D eigenvalue weighted by Gasteiger charge is 2.61. The predicted molar refractivity (Wildman–Crippen MR) is 135 cm³/mol. The number of hydrogen-bond acceptors (Lipinski definition) is 5. The number of ether oxygens (including phenoxy) is 2. The molecule has 3 aromatic carbocycles. The molecular weight excluding hydrogens is 508 g/mol. The quantitative estimate of drug-likeness (QED) is 0.340. The summed E-state index contributed by atoms with van der Waals surface area (Å²) >= 11 is 3.51. The molecule has 6 nitrogen and oxygen atoms in total. The van der Waals surface area contributed by atoms with E-state index in [0.717, 1.165) is 27.3 Å². The summed E-state index contributed by atoms with van der Waals surface area (Å²) in [6, 6.07) is 20.0. The van der Waals surface area contributed by atoms with Crippen LogP contribution in [-0.2, 0) is 9.59 Å². The predicted octanol–water partition coefficient (Wildman–Crippen LogP) is 5.08. The molecular formula is C28H23BrN2O4. The number of imide groups is 1. The second-order valence-corrected chi connectivity index (χ2v) is 9.82. The normalized spacial score (nSPS) is 23.9. The van der Waals surface area contributed by atoms with Gasteiger partial charge in [0.15, 0.2) is 11.5 Å².